The summed E-state index contributed by atoms with van der Waals surface area (Å²) in [4.78, 5) is 10.3. The van der Waals surface area contributed by atoms with Gasteiger partial charge in [0.2, 0.25) is 5.09 Å². The molecule has 5 heteroatoms. The number of carbonyl (C=O) groups is 1. The molecule has 0 saturated heterocycles. The van der Waals surface area contributed by atoms with Crippen molar-refractivity contribution in [1.29, 1.82) is 0 Å². The molecule has 0 atom stereocenters. The second kappa shape index (κ2) is 2.74. The minimum atomic E-state index is -1.01. The predicted octanol–water partition coefficient (Wildman–Crippen LogP) is 1.09. The SMILES string of the molecule is CSc1oncc1C(=O)O. The van der Waals surface area contributed by atoms with Crippen LogP contribution in [-0.4, -0.2) is 22.5 Å². The Bertz CT molecular complexity index is 245. The zero-order chi connectivity index (χ0) is 7.56. The minimum absolute atomic E-state index is 0.118. The van der Waals surface area contributed by atoms with Crippen LogP contribution in [0.4, 0.5) is 0 Å². The van der Waals surface area contributed by atoms with Gasteiger partial charge in [-0.05, 0) is 6.26 Å². The number of nitrogens with zero attached hydrogens (tertiary/aromatic N) is 1. The molecule has 0 bridgehead atoms. The summed E-state index contributed by atoms with van der Waals surface area (Å²) < 4.78 is 4.61. The molecule has 0 radical (unpaired) electrons. The molecule has 0 aliphatic heterocycles. The summed E-state index contributed by atoms with van der Waals surface area (Å²) in [5, 5.41) is 12.2. The Labute approximate surface area is 61.2 Å². The van der Waals surface area contributed by atoms with E-state index in [9.17, 15) is 4.79 Å². The van der Waals surface area contributed by atoms with Crippen molar-refractivity contribution in [3.05, 3.63) is 11.8 Å². The van der Waals surface area contributed by atoms with Gasteiger partial charge in [0.15, 0.2) is 0 Å². The Kier molecular flexibility index (Phi) is 1.96. The van der Waals surface area contributed by atoms with E-state index in [1.807, 2.05) is 0 Å². The van der Waals surface area contributed by atoms with Gasteiger partial charge in [-0.2, -0.15) is 0 Å². The summed E-state index contributed by atoms with van der Waals surface area (Å²) in [5.74, 6) is -1.01. The third-order valence-electron chi connectivity index (χ3n) is 0.953. The first-order chi connectivity index (χ1) is 4.75. The molecule has 1 N–H and O–H groups in total. The van der Waals surface area contributed by atoms with Gasteiger partial charge in [-0.3, -0.25) is 0 Å². The third-order valence-corrected chi connectivity index (χ3v) is 1.62. The number of rotatable bonds is 2. The van der Waals surface area contributed by atoms with Crippen LogP contribution in [0.3, 0.4) is 0 Å². The molecule has 0 saturated carbocycles. The average molecular weight is 159 g/mol. The van der Waals surface area contributed by atoms with E-state index in [0.717, 1.165) is 0 Å². The number of aromatic carboxylic acids is 1. The van der Waals surface area contributed by atoms with Gasteiger partial charge >= 0.3 is 5.97 Å². The molecular weight excluding hydrogens is 154 g/mol. The van der Waals surface area contributed by atoms with Crippen LogP contribution in [0.1, 0.15) is 10.4 Å². The Morgan fingerprint density at radius 3 is 3.00 bits per heavy atom. The van der Waals surface area contributed by atoms with Gasteiger partial charge in [0.25, 0.3) is 0 Å². The zero-order valence-electron chi connectivity index (χ0n) is 5.20. The number of carboxylic acid groups (broad SMARTS) is 1. The van der Waals surface area contributed by atoms with Crippen molar-refractivity contribution < 1.29 is 14.4 Å². The number of hydrogen-bond donors (Lipinski definition) is 1. The number of thioether (sulfide) groups is 1. The first-order valence-electron chi connectivity index (χ1n) is 2.47. The minimum Gasteiger partial charge on any atom is -0.477 e. The van der Waals surface area contributed by atoms with Crippen molar-refractivity contribution in [2.24, 2.45) is 0 Å². The zero-order valence-corrected chi connectivity index (χ0v) is 6.01. The molecule has 1 heterocycles. The van der Waals surface area contributed by atoms with Gasteiger partial charge in [-0.15, -0.1) is 0 Å². The maximum Gasteiger partial charge on any atom is 0.341 e. The summed E-state index contributed by atoms with van der Waals surface area (Å²) in [6, 6.07) is 0. The first kappa shape index (κ1) is 7.14. The first-order valence-corrected chi connectivity index (χ1v) is 3.70. The lowest BCUT2D eigenvalue weighted by atomic mass is 10.4. The highest BCUT2D eigenvalue weighted by Gasteiger charge is 2.12. The van der Waals surface area contributed by atoms with Crippen LogP contribution < -0.4 is 0 Å². The van der Waals surface area contributed by atoms with E-state index in [2.05, 4.69) is 9.68 Å². The number of aromatic nitrogens is 1. The van der Waals surface area contributed by atoms with Crippen LogP contribution in [0.2, 0.25) is 0 Å². The van der Waals surface area contributed by atoms with Crippen molar-refractivity contribution in [2.45, 2.75) is 5.09 Å². The lowest BCUT2D eigenvalue weighted by Gasteiger charge is -1.87. The van der Waals surface area contributed by atoms with Crippen molar-refractivity contribution in [3.63, 3.8) is 0 Å². The molecule has 0 unspecified atom stereocenters. The molecule has 0 amide bonds. The highest BCUT2D eigenvalue weighted by atomic mass is 32.2. The monoisotopic (exact) mass is 159 g/mol. The summed E-state index contributed by atoms with van der Waals surface area (Å²) in [5.41, 5.74) is 0.118. The van der Waals surface area contributed by atoms with Crippen LogP contribution in [0.15, 0.2) is 15.8 Å². The van der Waals surface area contributed by atoms with Crippen molar-refractivity contribution >= 4 is 17.7 Å². The normalized spacial score (nSPS) is 9.70. The van der Waals surface area contributed by atoms with Crippen LogP contribution >= 0.6 is 11.8 Å². The van der Waals surface area contributed by atoms with Gasteiger partial charge in [0.05, 0.1) is 6.20 Å². The van der Waals surface area contributed by atoms with Gasteiger partial charge < -0.3 is 9.63 Å². The second-order valence-electron chi connectivity index (χ2n) is 1.54. The Morgan fingerprint density at radius 1 is 1.90 bits per heavy atom. The largest absolute Gasteiger partial charge is 0.477 e. The van der Waals surface area contributed by atoms with Crippen molar-refractivity contribution in [3.8, 4) is 0 Å². The van der Waals surface area contributed by atoms with E-state index in [-0.39, 0.29) is 5.56 Å². The van der Waals surface area contributed by atoms with Crippen LogP contribution in [0, 0.1) is 0 Å². The van der Waals surface area contributed by atoms with Crippen LogP contribution in [0.5, 0.6) is 0 Å². The van der Waals surface area contributed by atoms with Crippen molar-refractivity contribution in [2.75, 3.05) is 6.26 Å². The van der Waals surface area contributed by atoms with E-state index in [1.54, 1.807) is 6.26 Å². The summed E-state index contributed by atoms with van der Waals surface area (Å²) >= 11 is 1.22. The smallest absolute Gasteiger partial charge is 0.341 e. The Morgan fingerprint density at radius 2 is 2.60 bits per heavy atom. The van der Waals surface area contributed by atoms with Gasteiger partial charge in [0.1, 0.15) is 5.56 Å². The fourth-order valence-corrected chi connectivity index (χ4v) is 0.996. The molecule has 1 rings (SSSR count). The topological polar surface area (TPSA) is 63.3 Å². The third kappa shape index (κ3) is 1.13. The Hall–Kier alpha value is -0.970. The predicted molar refractivity (Wildman–Crippen MR) is 35.2 cm³/mol. The fraction of sp³-hybridized carbons (Fsp3) is 0.200. The van der Waals surface area contributed by atoms with E-state index < -0.39 is 5.97 Å². The lowest BCUT2D eigenvalue weighted by molar-refractivity contribution is 0.0690. The average Bonchev–Trinajstić information content (AvgIpc) is 2.33. The molecule has 1 aromatic heterocycles. The van der Waals surface area contributed by atoms with E-state index in [1.165, 1.54) is 18.0 Å². The highest BCUT2D eigenvalue weighted by Crippen LogP contribution is 2.18. The maximum atomic E-state index is 10.3. The summed E-state index contributed by atoms with van der Waals surface area (Å²) in [7, 11) is 0. The quantitative estimate of drug-likeness (QED) is 0.654. The van der Waals surface area contributed by atoms with Crippen LogP contribution in [0.25, 0.3) is 0 Å². The maximum absolute atomic E-state index is 10.3. The fourth-order valence-electron chi connectivity index (χ4n) is 0.519. The van der Waals surface area contributed by atoms with E-state index in [0.29, 0.717) is 5.09 Å². The molecule has 0 aliphatic rings. The van der Waals surface area contributed by atoms with Crippen LogP contribution in [-0.2, 0) is 0 Å². The molecular formula is C5H5NO3S. The van der Waals surface area contributed by atoms with Gasteiger partial charge in [0, 0.05) is 0 Å². The van der Waals surface area contributed by atoms with Crippen molar-refractivity contribution in [1.82, 2.24) is 5.16 Å². The molecule has 0 fully saturated rings. The molecule has 54 valence electrons. The summed E-state index contributed by atoms with van der Waals surface area (Å²) in [6.45, 7) is 0. The standard InChI is InChI=1S/C5H5NO3S/c1-10-5-3(4(7)8)2-6-9-5/h2H,1H3,(H,7,8). The highest BCUT2D eigenvalue weighted by molar-refractivity contribution is 7.98. The molecule has 0 aliphatic carbocycles. The molecule has 0 aromatic carbocycles. The molecule has 1 aromatic rings. The second-order valence-corrected chi connectivity index (χ2v) is 2.32. The molecule has 10 heavy (non-hydrogen) atoms. The number of hydrogen-bond acceptors (Lipinski definition) is 4. The Balaban J connectivity index is 3.01. The van der Waals surface area contributed by atoms with E-state index >= 15 is 0 Å². The number of carboxylic acids is 1. The molecule has 0 spiro atoms. The lowest BCUT2D eigenvalue weighted by Crippen LogP contribution is -1.94. The van der Waals surface area contributed by atoms with Gasteiger partial charge in [-0.25, -0.2) is 4.79 Å². The summed E-state index contributed by atoms with van der Waals surface area (Å²) in [6.07, 6.45) is 2.92. The van der Waals surface area contributed by atoms with Gasteiger partial charge in [-0.1, -0.05) is 16.9 Å². The molecule has 4 nitrogen and oxygen atoms in total. The van der Waals surface area contributed by atoms with E-state index in [4.69, 9.17) is 5.11 Å².